The van der Waals surface area contributed by atoms with Crippen LogP contribution in [0.4, 0.5) is 11.8 Å². The number of hydrogen-bond acceptors (Lipinski definition) is 7. The highest BCUT2D eigenvalue weighted by Gasteiger charge is 2.18. The molecule has 0 saturated carbocycles. The molecule has 9 heteroatoms. The van der Waals surface area contributed by atoms with Crippen molar-refractivity contribution in [2.45, 2.75) is 12.8 Å². The molecule has 1 aromatic carbocycles. The Bertz CT molecular complexity index is 1110. The van der Waals surface area contributed by atoms with Gasteiger partial charge in [-0.2, -0.15) is 0 Å². The predicted molar refractivity (Wildman–Crippen MR) is 104 cm³/mol. The average Bonchev–Trinajstić information content (AvgIpc) is 2.66. The summed E-state index contributed by atoms with van der Waals surface area (Å²) in [4.78, 5) is 33.0. The average molecular weight is 381 g/mol. The number of rotatable bonds is 2. The van der Waals surface area contributed by atoms with Crippen molar-refractivity contribution in [1.82, 2.24) is 14.5 Å². The number of nitrogens with one attached hydrogen (secondary N) is 1. The van der Waals surface area contributed by atoms with Gasteiger partial charge in [0.25, 0.3) is 11.5 Å². The van der Waals surface area contributed by atoms with Gasteiger partial charge in [-0.25, -0.2) is 9.97 Å². The summed E-state index contributed by atoms with van der Waals surface area (Å²) in [5.41, 5.74) is 5.42. The molecule has 0 saturated heterocycles. The number of carbonyl (C=O) groups excluding carboxylic acids is 1. The molecule has 2 aromatic heterocycles. The molecule has 3 aromatic rings. The first-order valence-corrected chi connectivity index (χ1v) is 8.86. The zero-order valence-electron chi connectivity index (χ0n) is 15.3. The number of carbonyl (C=O) groups is 1. The minimum absolute atomic E-state index is 0.0745. The second-order valence-electron chi connectivity index (χ2n) is 6.44. The fourth-order valence-electron chi connectivity index (χ4n) is 3.02. The lowest BCUT2D eigenvalue weighted by molar-refractivity contribution is 0.102. The van der Waals surface area contributed by atoms with Crippen molar-refractivity contribution in [3.05, 3.63) is 46.5 Å². The van der Waals surface area contributed by atoms with Crippen LogP contribution in [0.3, 0.4) is 0 Å². The highest BCUT2D eigenvalue weighted by atomic mass is 16.5. The van der Waals surface area contributed by atoms with Gasteiger partial charge in [-0.05, 0) is 31.0 Å². The van der Waals surface area contributed by atoms with Crippen LogP contribution >= 0.6 is 0 Å². The van der Waals surface area contributed by atoms with Crippen molar-refractivity contribution in [2.75, 3.05) is 24.3 Å². The molecular weight excluding hydrogens is 362 g/mol. The van der Waals surface area contributed by atoms with Gasteiger partial charge in [-0.15, -0.1) is 0 Å². The molecule has 144 valence electrons. The Balaban J connectivity index is 1.79. The number of aromatic nitrogens is 3. The summed E-state index contributed by atoms with van der Waals surface area (Å²) in [7, 11) is 1.59. The zero-order chi connectivity index (χ0) is 19.7. The first-order valence-electron chi connectivity index (χ1n) is 8.86. The number of pyridine rings is 1. The fourth-order valence-corrected chi connectivity index (χ4v) is 3.02. The van der Waals surface area contributed by atoms with Crippen LogP contribution in [-0.2, 0) is 7.05 Å². The molecule has 0 unspecified atom stereocenters. The molecule has 3 N–H and O–H groups in total. The van der Waals surface area contributed by atoms with E-state index in [1.165, 1.54) is 17.0 Å². The van der Waals surface area contributed by atoms with E-state index in [0.717, 1.165) is 12.8 Å². The maximum Gasteiger partial charge on any atom is 0.259 e. The Morgan fingerprint density at radius 3 is 2.61 bits per heavy atom. The van der Waals surface area contributed by atoms with E-state index in [1.807, 2.05) is 0 Å². The van der Waals surface area contributed by atoms with E-state index in [0.29, 0.717) is 41.3 Å². The molecule has 0 radical (unpaired) electrons. The number of nitrogen functional groups attached to an aromatic ring is 1. The first kappa shape index (κ1) is 17.8. The molecule has 3 heterocycles. The second-order valence-corrected chi connectivity index (χ2v) is 6.44. The van der Waals surface area contributed by atoms with E-state index in [-0.39, 0.29) is 17.1 Å². The highest BCUT2D eigenvalue weighted by Crippen LogP contribution is 2.36. The smallest absolute Gasteiger partial charge is 0.259 e. The quantitative estimate of drug-likeness (QED) is 0.693. The van der Waals surface area contributed by atoms with Gasteiger partial charge in [-0.1, -0.05) is 0 Å². The molecule has 1 aliphatic rings. The Morgan fingerprint density at radius 2 is 1.86 bits per heavy atom. The topological polar surface area (TPSA) is 121 Å². The molecule has 0 atom stereocenters. The lowest BCUT2D eigenvalue weighted by Crippen LogP contribution is -2.24. The third-order valence-electron chi connectivity index (χ3n) is 4.56. The molecule has 0 spiro atoms. The van der Waals surface area contributed by atoms with E-state index >= 15 is 0 Å². The second kappa shape index (κ2) is 7.18. The molecule has 0 bridgehead atoms. The number of amides is 1. The fraction of sp³-hybridized carbons (Fsp3) is 0.263. The van der Waals surface area contributed by atoms with E-state index in [1.54, 1.807) is 25.2 Å². The number of nitrogens with zero attached hydrogens (tertiary/aromatic N) is 3. The van der Waals surface area contributed by atoms with Crippen molar-refractivity contribution in [1.29, 1.82) is 0 Å². The summed E-state index contributed by atoms with van der Waals surface area (Å²) in [5.74, 6) is 1.04. The third-order valence-corrected chi connectivity index (χ3v) is 4.56. The molecule has 1 aliphatic heterocycles. The van der Waals surface area contributed by atoms with Crippen LogP contribution in [-0.4, -0.2) is 33.7 Å². The van der Waals surface area contributed by atoms with Gasteiger partial charge in [-0.3, -0.25) is 14.2 Å². The third kappa shape index (κ3) is 3.22. The van der Waals surface area contributed by atoms with Crippen LogP contribution in [0, 0.1) is 0 Å². The van der Waals surface area contributed by atoms with Gasteiger partial charge in [0.2, 0.25) is 5.95 Å². The normalized spacial score (nSPS) is 13.6. The number of hydrogen-bond donors (Lipinski definition) is 2. The first-order chi connectivity index (χ1) is 13.5. The number of nitrogens with two attached hydrogens (primary N) is 1. The van der Waals surface area contributed by atoms with Gasteiger partial charge in [0.05, 0.1) is 24.2 Å². The molecule has 4 rings (SSSR count). The lowest BCUT2D eigenvalue weighted by Gasteiger charge is -2.19. The van der Waals surface area contributed by atoms with Crippen LogP contribution in [0.5, 0.6) is 11.5 Å². The van der Waals surface area contributed by atoms with Gasteiger partial charge in [0.1, 0.15) is 5.82 Å². The van der Waals surface area contributed by atoms with Gasteiger partial charge in [0.15, 0.2) is 11.5 Å². The molecule has 9 nitrogen and oxygen atoms in total. The van der Waals surface area contributed by atoms with Crippen molar-refractivity contribution >= 4 is 28.4 Å². The summed E-state index contributed by atoms with van der Waals surface area (Å²) < 4.78 is 13.0. The standard InChI is InChI=1S/C19H19N5O4/c1-24-15(23-17(25)11-9-21-19(20)22-10-11)8-13-12(18(24)26)4-5-14-16(13)28-7-3-2-6-27-14/h4-5,8-10H,2-3,6-7H2,1H3,(H,23,25)(H2,20,21,22). The number of benzene rings is 1. The van der Waals surface area contributed by atoms with Crippen LogP contribution in [0.25, 0.3) is 10.8 Å². The summed E-state index contributed by atoms with van der Waals surface area (Å²) in [6, 6.07) is 5.16. The van der Waals surface area contributed by atoms with Gasteiger partial charge >= 0.3 is 0 Å². The van der Waals surface area contributed by atoms with Crippen LogP contribution < -0.4 is 26.1 Å². The number of fused-ring (bicyclic) bond motifs is 3. The van der Waals surface area contributed by atoms with Crippen molar-refractivity contribution < 1.29 is 14.3 Å². The minimum Gasteiger partial charge on any atom is -0.490 e. The van der Waals surface area contributed by atoms with Crippen LogP contribution in [0.1, 0.15) is 23.2 Å². The number of anilines is 2. The SMILES string of the molecule is Cn1c(NC(=O)c2cnc(N)nc2)cc2c3c(ccc2c1=O)OCCCCO3. The molecular formula is C19H19N5O4. The van der Waals surface area contributed by atoms with E-state index < -0.39 is 5.91 Å². The van der Waals surface area contributed by atoms with Crippen molar-refractivity contribution in [3.8, 4) is 11.5 Å². The Hall–Kier alpha value is -3.62. The Kier molecular flexibility index (Phi) is 4.56. The summed E-state index contributed by atoms with van der Waals surface area (Å²) in [6.07, 6.45) is 4.41. The minimum atomic E-state index is -0.453. The Labute approximate surface area is 160 Å². The molecule has 0 fully saturated rings. The largest absolute Gasteiger partial charge is 0.490 e. The molecule has 28 heavy (non-hydrogen) atoms. The summed E-state index contributed by atoms with van der Waals surface area (Å²) in [6.45, 7) is 1.13. The molecule has 0 aliphatic carbocycles. The van der Waals surface area contributed by atoms with Crippen LogP contribution in [0.2, 0.25) is 0 Å². The van der Waals surface area contributed by atoms with Crippen LogP contribution in [0.15, 0.2) is 35.4 Å². The lowest BCUT2D eigenvalue weighted by atomic mass is 10.1. The number of ether oxygens (including phenoxy) is 2. The predicted octanol–water partition coefficient (Wildman–Crippen LogP) is 1.71. The van der Waals surface area contributed by atoms with Crippen molar-refractivity contribution in [3.63, 3.8) is 0 Å². The maximum absolute atomic E-state index is 12.8. The van der Waals surface area contributed by atoms with E-state index in [4.69, 9.17) is 15.2 Å². The zero-order valence-corrected chi connectivity index (χ0v) is 15.3. The van der Waals surface area contributed by atoms with Crippen molar-refractivity contribution in [2.24, 2.45) is 7.05 Å². The molecule has 1 amide bonds. The summed E-state index contributed by atoms with van der Waals surface area (Å²) in [5, 5.41) is 3.80. The van der Waals surface area contributed by atoms with Gasteiger partial charge in [0, 0.05) is 24.8 Å². The van der Waals surface area contributed by atoms with E-state index in [2.05, 4.69) is 15.3 Å². The highest BCUT2D eigenvalue weighted by molar-refractivity contribution is 6.04. The Morgan fingerprint density at radius 1 is 1.14 bits per heavy atom. The maximum atomic E-state index is 12.8. The monoisotopic (exact) mass is 381 g/mol. The van der Waals surface area contributed by atoms with Gasteiger partial charge < -0.3 is 20.5 Å². The summed E-state index contributed by atoms with van der Waals surface area (Å²) >= 11 is 0. The van der Waals surface area contributed by atoms with E-state index in [9.17, 15) is 9.59 Å².